The number of nitrogens with one attached hydrogen (secondary N) is 1. The molecule has 5 N–H and O–H groups in total. The fourth-order valence-electron chi connectivity index (χ4n) is 4.21. The van der Waals surface area contributed by atoms with Gasteiger partial charge in [-0.3, -0.25) is 19.4 Å². The van der Waals surface area contributed by atoms with E-state index < -0.39 is 20.5 Å². The predicted octanol–water partition coefficient (Wildman–Crippen LogP) is 1.06. The number of benzene rings is 1. The highest BCUT2D eigenvalue weighted by Crippen LogP contribution is 2.47. The van der Waals surface area contributed by atoms with Gasteiger partial charge in [-0.15, -0.1) is 0 Å². The van der Waals surface area contributed by atoms with Gasteiger partial charge >= 0.3 is 6.03 Å². The minimum absolute atomic E-state index is 0.0369. The van der Waals surface area contributed by atoms with Gasteiger partial charge in [-0.2, -0.15) is 0 Å². The zero-order chi connectivity index (χ0) is 27.4. The molecule has 4 rings (SSSR count). The first-order valence-electron chi connectivity index (χ1n) is 11.5. The molecular weight excluding hydrogens is 500 g/mol. The van der Waals surface area contributed by atoms with Gasteiger partial charge in [-0.05, 0) is 49.9 Å². The van der Waals surface area contributed by atoms with E-state index in [0.717, 1.165) is 30.4 Å². The molecule has 1 aromatic carbocycles. The summed E-state index contributed by atoms with van der Waals surface area (Å²) in [4.78, 5) is 34.6. The van der Waals surface area contributed by atoms with Gasteiger partial charge in [0, 0.05) is 47.8 Å². The van der Waals surface area contributed by atoms with E-state index in [4.69, 9.17) is 20.8 Å². The number of fused-ring (bicyclic) bond motifs is 1. The number of nitrogens with zero attached hydrogens (tertiary/aromatic N) is 2. The maximum atomic E-state index is 12.8. The lowest BCUT2D eigenvalue weighted by molar-refractivity contribution is -0.131. The highest BCUT2D eigenvalue weighted by Gasteiger charge is 2.44. The van der Waals surface area contributed by atoms with Gasteiger partial charge < -0.3 is 15.7 Å². The summed E-state index contributed by atoms with van der Waals surface area (Å²) in [7, 11) is -3.83. The molecule has 2 aliphatic rings. The molecule has 0 unspecified atom stereocenters. The highest BCUT2D eigenvalue weighted by atomic mass is 32.2. The number of nitrogens with two attached hydrogens (primary N) is 1. The predicted molar refractivity (Wildman–Crippen MR) is 135 cm³/mol. The fourth-order valence-corrected chi connectivity index (χ4v) is 5.06. The SMILES string of the molecule is C[C@@](CCN1Cc2cc(C#Cc3ccc(C4(CN)CC4)cc3)cn2C1=O)(C(=O)NO)S(C)(=O)=O.O=CO. The van der Waals surface area contributed by atoms with Crippen molar-refractivity contribution in [1.82, 2.24) is 14.9 Å². The average molecular weight is 531 g/mol. The standard InChI is InChI=1S/C24H28N4O5S.CH2O2/c1-23(21(29)26-31,34(2,32)33)11-12-27-15-20-13-18(14-28(20)22(27)30)4-3-17-5-7-19(8-6-17)24(16-25)9-10-24;2-1-3/h5-8,13-14,31H,9-12,15-16,25H2,1-2H3,(H,26,29);1H,(H,2,3)/t23-;/m1./s1. The highest BCUT2D eigenvalue weighted by molar-refractivity contribution is 7.92. The summed E-state index contributed by atoms with van der Waals surface area (Å²) in [5.74, 6) is 5.18. The van der Waals surface area contributed by atoms with Gasteiger partial charge in [0.2, 0.25) is 0 Å². The van der Waals surface area contributed by atoms with Crippen LogP contribution < -0.4 is 11.2 Å². The molecule has 2 amide bonds. The molecule has 2 heterocycles. The zero-order valence-corrected chi connectivity index (χ0v) is 21.4. The average Bonchev–Trinajstić information content (AvgIpc) is 3.49. The molecule has 1 aromatic heterocycles. The topological polar surface area (TPSA) is 172 Å². The van der Waals surface area contributed by atoms with Crippen LogP contribution in [0.2, 0.25) is 0 Å². The summed E-state index contributed by atoms with van der Waals surface area (Å²) in [6.45, 7) is 1.95. The van der Waals surface area contributed by atoms with Crippen molar-refractivity contribution in [3.8, 4) is 11.8 Å². The first-order chi connectivity index (χ1) is 17.4. The van der Waals surface area contributed by atoms with E-state index >= 15 is 0 Å². The van der Waals surface area contributed by atoms with Crippen molar-refractivity contribution in [2.45, 2.75) is 42.9 Å². The van der Waals surface area contributed by atoms with E-state index in [1.807, 2.05) is 18.2 Å². The number of carboxylic acid groups (broad SMARTS) is 1. The molecular formula is C25H30N4O7S. The Morgan fingerprint density at radius 3 is 2.32 bits per heavy atom. The van der Waals surface area contributed by atoms with Gasteiger partial charge in [0.1, 0.15) is 0 Å². The van der Waals surface area contributed by atoms with Crippen LogP contribution in [0.5, 0.6) is 0 Å². The Morgan fingerprint density at radius 2 is 1.84 bits per heavy atom. The second kappa shape index (κ2) is 10.8. The third-order valence-corrected chi connectivity index (χ3v) is 9.11. The fraction of sp³-hybridized carbons (Fsp3) is 0.400. The molecule has 0 saturated heterocycles. The van der Waals surface area contributed by atoms with Crippen LogP contribution in [0, 0.1) is 11.8 Å². The molecule has 1 fully saturated rings. The second-order valence-electron chi connectivity index (χ2n) is 9.41. The number of rotatable bonds is 7. The molecule has 37 heavy (non-hydrogen) atoms. The summed E-state index contributed by atoms with van der Waals surface area (Å²) < 4.78 is 23.9. The van der Waals surface area contributed by atoms with Crippen molar-refractivity contribution in [1.29, 1.82) is 0 Å². The number of amides is 2. The van der Waals surface area contributed by atoms with E-state index in [9.17, 15) is 18.0 Å². The monoisotopic (exact) mass is 530 g/mol. The van der Waals surface area contributed by atoms with E-state index in [0.29, 0.717) is 12.1 Å². The Labute approximate surface area is 215 Å². The van der Waals surface area contributed by atoms with Crippen LogP contribution in [0.15, 0.2) is 36.5 Å². The van der Waals surface area contributed by atoms with Crippen molar-refractivity contribution < 1.29 is 33.1 Å². The van der Waals surface area contributed by atoms with E-state index in [1.54, 1.807) is 6.20 Å². The van der Waals surface area contributed by atoms with Crippen molar-refractivity contribution in [3.63, 3.8) is 0 Å². The van der Waals surface area contributed by atoms with Crippen LogP contribution >= 0.6 is 0 Å². The molecule has 11 nitrogen and oxygen atoms in total. The lowest BCUT2D eigenvalue weighted by Crippen LogP contribution is -2.50. The van der Waals surface area contributed by atoms with Crippen molar-refractivity contribution in [3.05, 3.63) is 58.9 Å². The number of sulfone groups is 1. The maximum absolute atomic E-state index is 12.8. The van der Waals surface area contributed by atoms with Crippen LogP contribution in [-0.2, 0) is 31.4 Å². The molecule has 0 radical (unpaired) electrons. The Balaban J connectivity index is 0.00000121. The number of aromatic nitrogens is 1. The Bertz CT molecular complexity index is 1350. The van der Waals surface area contributed by atoms with Crippen LogP contribution in [-0.4, -0.2) is 70.7 Å². The van der Waals surface area contributed by atoms with E-state index in [1.165, 1.54) is 27.4 Å². The normalized spacial score (nSPS) is 16.9. The van der Waals surface area contributed by atoms with Crippen LogP contribution in [0.4, 0.5) is 4.79 Å². The molecule has 1 aliphatic heterocycles. The number of hydrogen-bond donors (Lipinski definition) is 4. The van der Waals surface area contributed by atoms with Crippen LogP contribution in [0.25, 0.3) is 0 Å². The molecule has 198 valence electrons. The van der Waals surface area contributed by atoms with Gasteiger partial charge in [-0.25, -0.2) is 18.7 Å². The summed E-state index contributed by atoms with van der Waals surface area (Å²) >= 11 is 0. The largest absolute Gasteiger partial charge is 0.483 e. The molecule has 1 aliphatic carbocycles. The molecule has 2 aromatic rings. The minimum Gasteiger partial charge on any atom is -0.483 e. The Kier molecular flexibility index (Phi) is 8.12. The third-order valence-electron chi connectivity index (χ3n) is 7.08. The summed E-state index contributed by atoms with van der Waals surface area (Å²) in [6.07, 6.45) is 4.68. The van der Waals surface area contributed by atoms with Gasteiger partial charge in [-0.1, -0.05) is 24.0 Å². The van der Waals surface area contributed by atoms with Crippen molar-refractivity contribution >= 4 is 28.2 Å². The number of hydrogen-bond acceptors (Lipinski definition) is 7. The Hall–Kier alpha value is -3.66. The molecule has 12 heteroatoms. The summed E-state index contributed by atoms with van der Waals surface area (Å²) in [5.41, 5.74) is 11.0. The van der Waals surface area contributed by atoms with Gasteiger partial charge in [0.15, 0.2) is 14.6 Å². The lowest BCUT2D eigenvalue weighted by Gasteiger charge is -2.27. The lowest BCUT2D eigenvalue weighted by atomic mass is 9.95. The van der Waals surface area contributed by atoms with E-state index in [-0.39, 0.29) is 37.4 Å². The van der Waals surface area contributed by atoms with E-state index in [2.05, 4.69) is 24.0 Å². The van der Waals surface area contributed by atoms with Crippen molar-refractivity contribution in [2.75, 3.05) is 19.3 Å². The zero-order valence-electron chi connectivity index (χ0n) is 20.6. The van der Waals surface area contributed by atoms with Crippen LogP contribution in [0.3, 0.4) is 0 Å². The first kappa shape index (κ1) is 27.9. The number of carbonyl (C=O) groups excluding carboxylic acids is 2. The molecule has 1 saturated carbocycles. The first-order valence-corrected chi connectivity index (χ1v) is 13.4. The van der Waals surface area contributed by atoms with Gasteiger partial charge in [0.05, 0.1) is 6.54 Å². The number of hydroxylamine groups is 1. The van der Waals surface area contributed by atoms with Crippen LogP contribution in [0.1, 0.15) is 48.6 Å². The molecule has 1 atom stereocenters. The summed E-state index contributed by atoms with van der Waals surface area (Å²) in [6, 6.07) is 9.62. The summed E-state index contributed by atoms with van der Waals surface area (Å²) in [5, 5.41) is 15.8. The quantitative estimate of drug-likeness (QED) is 0.178. The smallest absolute Gasteiger partial charge is 0.328 e. The molecule has 0 bridgehead atoms. The second-order valence-corrected chi connectivity index (χ2v) is 11.9. The number of carbonyl (C=O) groups is 3. The Morgan fingerprint density at radius 1 is 1.24 bits per heavy atom. The van der Waals surface area contributed by atoms with Crippen molar-refractivity contribution in [2.24, 2.45) is 5.73 Å². The maximum Gasteiger partial charge on any atom is 0.328 e. The molecule has 0 spiro atoms. The third kappa shape index (κ3) is 5.69. The van der Waals surface area contributed by atoms with Gasteiger partial charge in [0.25, 0.3) is 12.4 Å². The minimum atomic E-state index is -3.83.